The highest BCUT2D eigenvalue weighted by molar-refractivity contribution is 7.15. The molecule has 1 saturated carbocycles. The van der Waals surface area contributed by atoms with E-state index >= 15 is 0 Å². The minimum atomic E-state index is 0.651. The molecule has 21 heavy (non-hydrogen) atoms. The normalized spacial score (nSPS) is 14.9. The van der Waals surface area contributed by atoms with Crippen LogP contribution in [0, 0.1) is 12.8 Å². The number of hydrogen-bond acceptors (Lipinski definition) is 3. The average Bonchev–Trinajstić information content (AvgIpc) is 3.19. The zero-order chi connectivity index (χ0) is 14.8. The molecular weight excluding hydrogens is 276 g/mol. The SMILES string of the molecule is Cc1ccc(-c2nc(CC(C)C)c(CNC3CC3)s2)cc1. The van der Waals surface area contributed by atoms with Gasteiger partial charge in [-0.05, 0) is 32.1 Å². The van der Waals surface area contributed by atoms with Crippen LogP contribution < -0.4 is 5.32 Å². The Morgan fingerprint density at radius 3 is 2.57 bits per heavy atom. The van der Waals surface area contributed by atoms with E-state index in [1.54, 1.807) is 0 Å². The second-order valence-corrected chi connectivity index (χ2v) is 7.59. The van der Waals surface area contributed by atoms with Crippen LogP contribution in [0.4, 0.5) is 0 Å². The summed E-state index contributed by atoms with van der Waals surface area (Å²) >= 11 is 1.86. The fourth-order valence-electron chi connectivity index (χ4n) is 2.41. The van der Waals surface area contributed by atoms with Gasteiger partial charge in [-0.1, -0.05) is 43.7 Å². The number of thiazole rings is 1. The van der Waals surface area contributed by atoms with Gasteiger partial charge in [0.25, 0.3) is 0 Å². The topological polar surface area (TPSA) is 24.9 Å². The van der Waals surface area contributed by atoms with Gasteiger partial charge in [-0.25, -0.2) is 4.98 Å². The molecule has 1 aliphatic rings. The van der Waals surface area contributed by atoms with Crippen LogP contribution in [0.1, 0.15) is 42.8 Å². The van der Waals surface area contributed by atoms with Crippen molar-refractivity contribution >= 4 is 11.3 Å². The van der Waals surface area contributed by atoms with Gasteiger partial charge in [0, 0.05) is 23.0 Å². The van der Waals surface area contributed by atoms with Gasteiger partial charge < -0.3 is 5.32 Å². The molecule has 3 rings (SSSR count). The summed E-state index contributed by atoms with van der Waals surface area (Å²) in [5, 5.41) is 4.80. The monoisotopic (exact) mass is 300 g/mol. The lowest BCUT2D eigenvalue weighted by Gasteiger charge is -2.05. The molecule has 1 N–H and O–H groups in total. The van der Waals surface area contributed by atoms with Gasteiger partial charge in [0.1, 0.15) is 5.01 Å². The van der Waals surface area contributed by atoms with E-state index in [2.05, 4.69) is 50.4 Å². The molecule has 1 heterocycles. The maximum atomic E-state index is 4.93. The molecule has 1 fully saturated rings. The van der Waals surface area contributed by atoms with E-state index in [1.165, 1.54) is 39.5 Å². The maximum Gasteiger partial charge on any atom is 0.123 e. The summed E-state index contributed by atoms with van der Waals surface area (Å²) in [7, 11) is 0. The number of nitrogens with zero attached hydrogens (tertiary/aromatic N) is 1. The minimum absolute atomic E-state index is 0.651. The molecule has 2 aromatic rings. The zero-order valence-corrected chi connectivity index (χ0v) is 14.0. The molecule has 0 spiro atoms. The van der Waals surface area contributed by atoms with Gasteiger partial charge in [-0.3, -0.25) is 0 Å². The van der Waals surface area contributed by atoms with Gasteiger partial charge in [-0.15, -0.1) is 11.3 Å². The minimum Gasteiger partial charge on any atom is -0.309 e. The zero-order valence-electron chi connectivity index (χ0n) is 13.1. The second kappa shape index (κ2) is 6.29. The Morgan fingerprint density at radius 1 is 1.24 bits per heavy atom. The van der Waals surface area contributed by atoms with Crippen LogP contribution in [-0.2, 0) is 13.0 Å². The molecule has 0 bridgehead atoms. The van der Waals surface area contributed by atoms with Gasteiger partial charge in [-0.2, -0.15) is 0 Å². The van der Waals surface area contributed by atoms with Gasteiger partial charge in [0.15, 0.2) is 0 Å². The van der Waals surface area contributed by atoms with E-state index in [1.807, 2.05) is 11.3 Å². The van der Waals surface area contributed by atoms with Crippen molar-refractivity contribution in [2.24, 2.45) is 5.92 Å². The van der Waals surface area contributed by atoms with Crippen LogP contribution in [0.2, 0.25) is 0 Å². The predicted octanol–water partition coefficient (Wildman–Crippen LogP) is 4.57. The summed E-state index contributed by atoms with van der Waals surface area (Å²) in [6, 6.07) is 9.46. The number of nitrogens with one attached hydrogen (secondary N) is 1. The van der Waals surface area contributed by atoms with Crippen molar-refractivity contribution in [1.29, 1.82) is 0 Å². The molecule has 0 saturated heterocycles. The van der Waals surface area contributed by atoms with Crippen molar-refractivity contribution < 1.29 is 0 Å². The highest BCUT2D eigenvalue weighted by atomic mass is 32.1. The van der Waals surface area contributed by atoms with E-state index in [0.29, 0.717) is 5.92 Å². The second-order valence-electron chi connectivity index (χ2n) is 6.51. The van der Waals surface area contributed by atoms with Crippen LogP contribution in [-0.4, -0.2) is 11.0 Å². The molecule has 1 aliphatic carbocycles. The van der Waals surface area contributed by atoms with Crippen LogP contribution in [0.15, 0.2) is 24.3 Å². The van der Waals surface area contributed by atoms with Gasteiger partial charge in [0.05, 0.1) is 5.69 Å². The lowest BCUT2D eigenvalue weighted by molar-refractivity contribution is 0.624. The first-order chi connectivity index (χ1) is 10.1. The quantitative estimate of drug-likeness (QED) is 0.845. The third kappa shape index (κ3) is 3.92. The van der Waals surface area contributed by atoms with Crippen LogP contribution in [0.3, 0.4) is 0 Å². The van der Waals surface area contributed by atoms with E-state index < -0.39 is 0 Å². The van der Waals surface area contributed by atoms with Crippen molar-refractivity contribution in [2.75, 3.05) is 0 Å². The first-order valence-electron chi connectivity index (χ1n) is 7.91. The number of aryl methyl sites for hydroxylation is 1. The van der Waals surface area contributed by atoms with Gasteiger partial charge in [0.2, 0.25) is 0 Å². The largest absolute Gasteiger partial charge is 0.309 e. The van der Waals surface area contributed by atoms with Crippen LogP contribution in [0.25, 0.3) is 10.6 Å². The fourth-order valence-corrected chi connectivity index (χ4v) is 3.46. The van der Waals surface area contributed by atoms with E-state index in [-0.39, 0.29) is 0 Å². The predicted molar refractivity (Wildman–Crippen MR) is 90.7 cm³/mol. The van der Waals surface area contributed by atoms with E-state index in [0.717, 1.165) is 19.0 Å². The lowest BCUT2D eigenvalue weighted by Crippen LogP contribution is -2.15. The molecule has 112 valence electrons. The average molecular weight is 300 g/mol. The molecule has 0 radical (unpaired) electrons. The van der Waals surface area contributed by atoms with E-state index in [9.17, 15) is 0 Å². The summed E-state index contributed by atoms with van der Waals surface area (Å²) in [6.45, 7) is 7.64. The number of rotatable bonds is 6. The van der Waals surface area contributed by atoms with Crippen molar-refractivity contribution in [3.8, 4) is 10.6 Å². The highest BCUT2D eigenvalue weighted by Crippen LogP contribution is 2.30. The Kier molecular flexibility index (Phi) is 4.41. The Bertz CT molecular complexity index is 594. The van der Waals surface area contributed by atoms with Crippen LogP contribution >= 0.6 is 11.3 Å². The smallest absolute Gasteiger partial charge is 0.123 e. The first-order valence-corrected chi connectivity index (χ1v) is 8.72. The summed E-state index contributed by atoms with van der Waals surface area (Å²) in [4.78, 5) is 6.35. The fraction of sp³-hybridized carbons (Fsp3) is 0.500. The first kappa shape index (κ1) is 14.7. The van der Waals surface area contributed by atoms with Crippen molar-refractivity contribution in [2.45, 2.75) is 52.6 Å². The molecule has 0 unspecified atom stereocenters. The number of aromatic nitrogens is 1. The van der Waals surface area contributed by atoms with Crippen molar-refractivity contribution in [3.05, 3.63) is 40.4 Å². The molecule has 0 aliphatic heterocycles. The molecule has 1 aromatic heterocycles. The Labute approximate surface area is 131 Å². The summed E-state index contributed by atoms with van der Waals surface area (Å²) in [6.07, 6.45) is 3.75. The maximum absolute atomic E-state index is 4.93. The van der Waals surface area contributed by atoms with Gasteiger partial charge >= 0.3 is 0 Å². The Balaban J connectivity index is 1.84. The molecule has 1 aromatic carbocycles. The Hall–Kier alpha value is -1.19. The summed E-state index contributed by atoms with van der Waals surface area (Å²) in [5.74, 6) is 0.651. The van der Waals surface area contributed by atoms with Crippen LogP contribution in [0.5, 0.6) is 0 Å². The summed E-state index contributed by atoms with van der Waals surface area (Å²) in [5.41, 5.74) is 3.83. The lowest BCUT2D eigenvalue weighted by atomic mass is 10.1. The third-order valence-electron chi connectivity index (χ3n) is 3.81. The van der Waals surface area contributed by atoms with Crippen molar-refractivity contribution in [3.63, 3.8) is 0 Å². The molecule has 2 nitrogen and oxygen atoms in total. The summed E-state index contributed by atoms with van der Waals surface area (Å²) < 4.78 is 0. The molecular formula is C18H24N2S. The highest BCUT2D eigenvalue weighted by Gasteiger charge is 2.22. The van der Waals surface area contributed by atoms with Crippen molar-refractivity contribution in [1.82, 2.24) is 10.3 Å². The molecule has 3 heteroatoms. The molecule has 0 amide bonds. The van der Waals surface area contributed by atoms with E-state index in [4.69, 9.17) is 4.98 Å². The standard InChI is InChI=1S/C18H24N2S/c1-12(2)10-16-17(11-19-15-8-9-15)21-18(20-16)14-6-4-13(3)5-7-14/h4-7,12,15,19H,8-11H2,1-3H3. The number of hydrogen-bond donors (Lipinski definition) is 1. The number of benzene rings is 1. The third-order valence-corrected chi connectivity index (χ3v) is 4.95. The molecule has 0 atom stereocenters. The Morgan fingerprint density at radius 2 is 1.95 bits per heavy atom.